The van der Waals surface area contributed by atoms with Crippen molar-refractivity contribution in [3.8, 4) is 5.69 Å². The minimum Gasteiger partial charge on any atom is -0.292 e. The molecule has 0 N–H and O–H groups in total. The maximum absolute atomic E-state index is 14.0. The third kappa shape index (κ3) is 3.92. The molecule has 1 aliphatic heterocycles. The number of aromatic nitrogens is 6. The van der Waals surface area contributed by atoms with Gasteiger partial charge in [-0.25, -0.2) is 22.5 Å². The first-order chi connectivity index (χ1) is 17.8. The fraction of sp³-hybridized carbons (Fsp3) is 0.375. The van der Waals surface area contributed by atoms with Gasteiger partial charge >= 0.3 is 0 Å². The molecule has 0 spiro atoms. The van der Waals surface area contributed by atoms with Gasteiger partial charge in [-0.3, -0.25) is 4.79 Å². The first-order valence-corrected chi connectivity index (χ1v) is 14.3. The minimum atomic E-state index is -3.95. The first-order valence-electron chi connectivity index (χ1n) is 12.0. The van der Waals surface area contributed by atoms with Crippen molar-refractivity contribution in [2.45, 2.75) is 37.8 Å². The lowest BCUT2D eigenvalue weighted by Crippen LogP contribution is -2.57. The summed E-state index contributed by atoms with van der Waals surface area (Å²) in [7, 11) is -3.95. The van der Waals surface area contributed by atoms with Crippen LogP contribution in [0.1, 0.15) is 35.1 Å². The summed E-state index contributed by atoms with van der Waals surface area (Å²) in [4.78, 5) is 19.6. The molecule has 37 heavy (non-hydrogen) atoms. The molecule has 0 amide bonds. The number of carbonyl (C=O) groups is 1. The van der Waals surface area contributed by atoms with E-state index in [0.717, 1.165) is 16.9 Å². The lowest BCUT2D eigenvalue weighted by atomic mass is 9.60. The molecule has 4 aromatic rings. The highest BCUT2D eigenvalue weighted by atomic mass is 32.2. The number of nitrogens with zero attached hydrogens (tertiary/aromatic N) is 7. The third-order valence-electron chi connectivity index (χ3n) is 7.46. The number of fused-ring (bicyclic) bond motifs is 2. The van der Waals surface area contributed by atoms with Crippen LogP contribution in [0.3, 0.4) is 0 Å². The van der Waals surface area contributed by atoms with Crippen LogP contribution >= 0.6 is 11.3 Å². The van der Waals surface area contributed by atoms with Gasteiger partial charge in [0.05, 0.1) is 35.6 Å². The van der Waals surface area contributed by atoms with Crippen LogP contribution in [0.25, 0.3) is 5.69 Å². The molecule has 2 atom stereocenters. The van der Waals surface area contributed by atoms with Crippen LogP contribution in [0, 0.1) is 17.2 Å². The summed E-state index contributed by atoms with van der Waals surface area (Å²) in [5.41, 5.74) is 3.53. The SMILES string of the molecule is CCn1ncc(S(=O)(=O)N2CC[C@H]3Cc4c(cnn4-c4ccc(F)cc4)C[C@]3(C(=O)c3cscn3)C2)n1. The van der Waals surface area contributed by atoms with Gasteiger partial charge in [0.1, 0.15) is 11.5 Å². The molecule has 192 valence electrons. The van der Waals surface area contributed by atoms with Crippen LogP contribution in [0.2, 0.25) is 0 Å². The van der Waals surface area contributed by atoms with Crippen molar-refractivity contribution in [1.82, 2.24) is 34.1 Å². The van der Waals surface area contributed by atoms with Crippen molar-refractivity contribution in [2.75, 3.05) is 13.1 Å². The predicted molar refractivity (Wildman–Crippen MR) is 132 cm³/mol. The fourth-order valence-corrected chi connectivity index (χ4v) is 7.47. The van der Waals surface area contributed by atoms with E-state index in [1.165, 1.54) is 38.8 Å². The molecule has 1 aliphatic carbocycles. The molecule has 0 bridgehead atoms. The van der Waals surface area contributed by atoms with Gasteiger partial charge < -0.3 is 0 Å². The summed E-state index contributed by atoms with van der Waals surface area (Å²) in [6.45, 7) is 2.56. The van der Waals surface area contributed by atoms with Gasteiger partial charge in [-0.05, 0) is 61.9 Å². The summed E-state index contributed by atoms with van der Waals surface area (Å²) in [6.07, 6.45) is 4.35. The topological polar surface area (TPSA) is 116 Å². The smallest absolute Gasteiger partial charge is 0.264 e. The highest BCUT2D eigenvalue weighted by Gasteiger charge is 2.55. The van der Waals surface area contributed by atoms with Crippen LogP contribution in [-0.4, -0.2) is 61.4 Å². The molecule has 0 unspecified atom stereocenters. The fourth-order valence-electron chi connectivity index (χ4n) is 5.55. The second-order valence-electron chi connectivity index (χ2n) is 9.44. The Balaban J connectivity index is 1.40. The summed E-state index contributed by atoms with van der Waals surface area (Å²) >= 11 is 1.33. The lowest BCUT2D eigenvalue weighted by Gasteiger charge is -2.48. The zero-order chi connectivity index (χ0) is 25.8. The number of hydrogen-bond donors (Lipinski definition) is 0. The summed E-state index contributed by atoms with van der Waals surface area (Å²) in [5, 5.41) is 14.3. The maximum Gasteiger partial charge on any atom is 0.264 e. The number of aryl methyl sites for hydroxylation is 1. The quantitative estimate of drug-likeness (QED) is 0.345. The van der Waals surface area contributed by atoms with Crippen LogP contribution in [0.5, 0.6) is 0 Å². The molecule has 13 heteroatoms. The molecule has 1 aromatic carbocycles. The number of sulfonamides is 1. The normalized spacial score (nSPS) is 21.9. The maximum atomic E-state index is 14.0. The van der Waals surface area contributed by atoms with Crippen molar-refractivity contribution in [1.29, 1.82) is 0 Å². The molecule has 0 radical (unpaired) electrons. The van der Waals surface area contributed by atoms with Gasteiger partial charge in [0.15, 0.2) is 5.78 Å². The van der Waals surface area contributed by atoms with Crippen LogP contribution in [-0.2, 0) is 29.4 Å². The Morgan fingerprint density at radius 2 is 2.03 bits per heavy atom. The van der Waals surface area contributed by atoms with E-state index in [-0.39, 0.29) is 35.6 Å². The van der Waals surface area contributed by atoms with Gasteiger partial charge in [0.2, 0.25) is 5.03 Å². The zero-order valence-corrected chi connectivity index (χ0v) is 21.6. The molecular weight excluding hydrogens is 517 g/mol. The standard InChI is InChI=1S/C24H24FN7O3S2/c1-2-31-27-12-22(29-31)37(34,35)30-8-7-17-9-21-16(11-28-32(21)19-5-3-18(25)4-6-19)10-24(17,14-30)23(33)20-13-36-15-26-20/h3-6,11-13,15,17H,2,7-10,14H2,1H3/t17-,24-/m0/s1. The Morgan fingerprint density at radius 3 is 2.73 bits per heavy atom. The third-order valence-corrected chi connectivity index (χ3v) is 9.75. The predicted octanol–water partition coefficient (Wildman–Crippen LogP) is 2.76. The molecular formula is C24H24FN7O3S2. The van der Waals surface area contributed by atoms with E-state index in [1.807, 2.05) is 6.92 Å². The number of benzene rings is 1. The first kappa shape index (κ1) is 24.1. The van der Waals surface area contributed by atoms with E-state index < -0.39 is 15.4 Å². The zero-order valence-electron chi connectivity index (χ0n) is 20.0. The summed E-state index contributed by atoms with van der Waals surface area (Å²) in [6, 6.07) is 6.12. The van der Waals surface area contributed by atoms with Gasteiger partial charge in [-0.1, -0.05) is 0 Å². The Kier molecular flexibility index (Phi) is 5.81. The largest absolute Gasteiger partial charge is 0.292 e. The average Bonchev–Trinajstić information content (AvgIpc) is 3.68. The summed E-state index contributed by atoms with van der Waals surface area (Å²) < 4.78 is 43.7. The van der Waals surface area contributed by atoms with Crippen molar-refractivity contribution in [2.24, 2.45) is 11.3 Å². The molecule has 0 saturated carbocycles. The number of piperidine rings is 1. The lowest BCUT2D eigenvalue weighted by molar-refractivity contribution is 0.0394. The second kappa shape index (κ2) is 8.92. The van der Waals surface area contributed by atoms with Gasteiger partial charge in [-0.15, -0.1) is 16.4 Å². The molecule has 1 fully saturated rings. The number of carbonyl (C=O) groups excluding carboxylic acids is 1. The van der Waals surface area contributed by atoms with Crippen LogP contribution < -0.4 is 0 Å². The van der Waals surface area contributed by atoms with Crippen molar-refractivity contribution >= 4 is 27.1 Å². The van der Waals surface area contributed by atoms with Crippen molar-refractivity contribution in [3.63, 3.8) is 0 Å². The minimum absolute atomic E-state index is 0.0243. The number of Topliss-reactive ketones (excluding diaryl/α,β-unsaturated/α-hetero) is 1. The van der Waals surface area contributed by atoms with Gasteiger partial charge in [0, 0.05) is 24.2 Å². The van der Waals surface area contributed by atoms with E-state index in [0.29, 0.717) is 31.5 Å². The number of rotatable bonds is 6. The number of thiazole rings is 1. The van der Waals surface area contributed by atoms with E-state index in [4.69, 9.17) is 0 Å². The van der Waals surface area contributed by atoms with E-state index in [1.54, 1.807) is 33.9 Å². The monoisotopic (exact) mass is 541 g/mol. The average molecular weight is 542 g/mol. The van der Waals surface area contributed by atoms with Crippen LogP contribution in [0.15, 0.2) is 52.6 Å². The van der Waals surface area contributed by atoms with E-state index in [2.05, 4.69) is 20.3 Å². The molecule has 6 rings (SSSR count). The van der Waals surface area contributed by atoms with Crippen molar-refractivity contribution < 1.29 is 17.6 Å². The summed E-state index contributed by atoms with van der Waals surface area (Å²) in [5.74, 6) is -0.607. The van der Waals surface area contributed by atoms with E-state index in [9.17, 15) is 17.6 Å². The molecule has 1 saturated heterocycles. The second-order valence-corrected chi connectivity index (χ2v) is 12.0. The van der Waals surface area contributed by atoms with Gasteiger partial charge in [-0.2, -0.15) is 19.3 Å². The van der Waals surface area contributed by atoms with Gasteiger partial charge in [0.25, 0.3) is 10.0 Å². The Morgan fingerprint density at radius 1 is 1.22 bits per heavy atom. The Bertz CT molecular complexity index is 1560. The Hall–Kier alpha value is -3.29. The Labute approximate surface area is 216 Å². The molecule has 2 aliphatic rings. The number of ketones is 1. The molecule has 10 nitrogen and oxygen atoms in total. The highest BCUT2D eigenvalue weighted by molar-refractivity contribution is 7.89. The molecule has 3 aromatic heterocycles. The highest BCUT2D eigenvalue weighted by Crippen LogP contribution is 2.48. The molecule has 4 heterocycles. The van der Waals surface area contributed by atoms with E-state index >= 15 is 0 Å². The van der Waals surface area contributed by atoms with Crippen LogP contribution in [0.4, 0.5) is 4.39 Å². The number of hydrogen-bond acceptors (Lipinski definition) is 8. The van der Waals surface area contributed by atoms with Crippen molar-refractivity contribution in [3.05, 3.63) is 70.3 Å². The number of halogens is 1.